The van der Waals surface area contributed by atoms with Crippen molar-refractivity contribution < 1.29 is 18.7 Å². The molecule has 1 fully saturated rings. The summed E-state index contributed by atoms with van der Waals surface area (Å²) in [4.78, 5) is 27.0. The van der Waals surface area contributed by atoms with Crippen molar-refractivity contribution in [2.45, 2.75) is 25.8 Å². The number of esters is 1. The van der Waals surface area contributed by atoms with Gasteiger partial charge in [-0.3, -0.25) is 9.48 Å². The maximum atomic E-state index is 13.5. The third-order valence-corrected chi connectivity index (χ3v) is 6.26. The van der Waals surface area contributed by atoms with Crippen LogP contribution in [0.5, 0.6) is 0 Å². The molecule has 3 aromatic rings. The molecule has 172 valence electrons. The van der Waals surface area contributed by atoms with E-state index >= 15 is 0 Å². The Morgan fingerprint density at radius 1 is 1.09 bits per heavy atom. The molecule has 1 aliphatic heterocycles. The molecule has 9 heteroatoms. The molecule has 0 spiro atoms. The van der Waals surface area contributed by atoms with Crippen LogP contribution in [-0.4, -0.2) is 46.3 Å². The van der Waals surface area contributed by atoms with Gasteiger partial charge in [0.2, 0.25) is 0 Å². The van der Waals surface area contributed by atoms with Crippen molar-refractivity contribution in [3.63, 3.8) is 0 Å². The molecule has 1 aliphatic rings. The summed E-state index contributed by atoms with van der Waals surface area (Å²) in [5, 5.41) is 5.15. The van der Waals surface area contributed by atoms with Gasteiger partial charge in [0.15, 0.2) is 5.69 Å². The summed E-state index contributed by atoms with van der Waals surface area (Å²) >= 11 is 12.4. The van der Waals surface area contributed by atoms with Crippen molar-refractivity contribution in [1.82, 2.24) is 14.7 Å². The fourth-order valence-corrected chi connectivity index (χ4v) is 4.55. The molecule has 0 unspecified atom stereocenters. The third kappa shape index (κ3) is 4.89. The molecule has 2 heterocycles. The Hall–Kier alpha value is -2.90. The molecule has 0 N–H and O–H groups in total. The van der Waals surface area contributed by atoms with Gasteiger partial charge in [0.05, 0.1) is 34.0 Å². The predicted octanol–water partition coefficient (Wildman–Crippen LogP) is 5.65. The van der Waals surface area contributed by atoms with Crippen LogP contribution in [0.25, 0.3) is 11.3 Å². The van der Waals surface area contributed by atoms with Crippen LogP contribution in [-0.2, 0) is 4.74 Å². The zero-order chi connectivity index (χ0) is 23.5. The fourth-order valence-electron chi connectivity index (χ4n) is 3.99. The Morgan fingerprint density at radius 2 is 1.73 bits per heavy atom. The van der Waals surface area contributed by atoms with Gasteiger partial charge in [0.1, 0.15) is 5.82 Å². The average Bonchev–Trinajstić information content (AvgIpc) is 3.25. The lowest BCUT2D eigenvalue weighted by Gasteiger charge is -2.33. The van der Waals surface area contributed by atoms with Crippen molar-refractivity contribution in [2.75, 3.05) is 19.7 Å². The summed E-state index contributed by atoms with van der Waals surface area (Å²) < 4.78 is 20.3. The van der Waals surface area contributed by atoms with Crippen molar-refractivity contribution in [2.24, 2.45) is 0 Å². The van der Waals surface area contributed by atoms with Crippen LogP contribution < -0.4 is 0 Å². The predicted molar refractivity (Wildman–Crippen MR) is 124 cm³/mol. The number of piperidine rings is 1. The number of hydrogen-bond donors (Lipinski definition) is 0. The van der Waals surface area contributed by atoms with Crippen LogP contribution in [0.4, 0.5) is 4.39 Å². The van der Waals surface area contributed by atoms with E-state index in [2.05, 4.69) is 5.10 Å². The van der Waals surface area contributed by atoms with Crippen molar-refractivity contribution in [1.29, 1.82) is 0 Å². The molecular weight excluding hydrogens is 468 g/mol. The van der Waals surface area contributed by atoms with Gasteiger partial charge < -0.3 is 9.64 Å². The zero-order valence-corrected chi connectivity index (χ0v) is 19.4. The fraction of sp³-hybridized carbons (Fsp3) is 0.292. The molecule has 4 rings (SSSR count). The first kappa shape index (κ1) is 23.3. The van der Waals surface area contributed by atoms with E-state index in [1.807, 2.05) is 0 Å². The van der Waals surface area contributed by atoms with E-state index in [9.17, 15) is 14.0 Å². The number of carbonyl (C=O) groups is 2. The van der Waals surface area contributed by atoms with Gasteiger partial charge >= 0.3 is 5.97 Å². The molecule has 1 saturated heterocycles. The number of hydrogen-bond acceptors (Lipinski definition) is 4. The number of amides is 1. The van der Waals surface area contributed by atoms with E-state index in [0.717, 1.165) is 5.56 Å². The minimum atomic E-state index is -0.513. The van der Waals surface area contributed by atoms with E-state index in [1.54, 1.807) is 52.9 Å². The summed E-state index contributed by atoms with van der Waals surface area (Å²) in [5.74, 6) is -1.07. The minimum Gasteiger partial charge on any atom is -0.461 e. The lowest BCUT2D eigenvalue weighted by atomic mass is 10.0. The first-order chi connectivity index (χ1) is 15.9. The number of carbonyl (C=O) groups excluding carboxylic acids is 2. The molecule has 2 aromatic carbocycles. The topological polar surface area (TPSA) is 64.4 Å². The van der Waals surface area contributed by atoms with Crippen LogP contribution in [0.1, 0.15) is 46.7 Å². The molecule has 6 nitrogen and oxygen atoms in total. The standard InChI is InChI=1S/C24H22Cl2FN3O3/c1-2-33-24(32)20-14-21(15-6-8-16(27)9-7-15)30(28-20)17-10-12-29(13-11-17)23(31)22-18(25)4-3-5-19(22)26/h3-9,14,17H,2,10-13H2,1H3. The Labute approximate surface area is 200 Å². The van der Waals surface area contributed by atoms with E-state index < -0.39 is 5.97 Å². The second kappa shape index (κ2) is 9.93. The minimum absolute atomic E-state index is 0.0565. The van der Waals surface area contributed by atoms with Gasteiger partial charge in [0, 0.05) is 18.7 Å². The smallest absolute Gasteiger partial charge is 0.358 e. The summed E-state index contributed by atoms with van der Waals surface area (Å²) in [5.41, 5.74) is 1.92. The number of rotatable bonds is 5. The highest BCUT2D eigenvalue weighted by molar-refractivity contribution is 6.39. The largest absolute Gasteiger partial charge is 0.461 e. The van der Waals surface area contributed by atoms with Gasteiger partial charge in [-0.05, 0) is 62.2 Å². The molecular formula is C24H22Cl2FN3O3. The van der Waals surface area contributed by atoms with E-state index in [1.165, 1.54) is 12.1 Å². The third-order valence-electron chi connectivity index (χ3n) is 5.63. The monoisotopic (exact) mass is 489 g/mol. The van der Waals surface area contributed by atoms with Gasteiger partial charge in [-0.1, -0.05) is 29.3 Å². The summed E-state index contributed by atoms with van der Waals surface area (Å²) in [7, 11) is 0. The Morgan fingerprint density at radius 3 is 2.33 bits per heavy atom. The quantitative estimate of drug-likeness (QED) is 0.434. The number of aromatic nitrogens is 2. The highest BCUT2D eigenvalue weighted by Gasteiger charge is 2.29. The van der Waals surface area contributed by atoms with Crippen molar-refractivity contribution >= 4 is 35.1 Å². The molecule has 0 aliphatic carbocycles. The number of likely N-dealkylation sites (tertiary alicyclic amines) is 1. The Kier molecular flexibility index (Phi) is 7.00. The average molecular weight is 490 g/mol. The maximum absolute atomic E-state index is 13.5. The number of halogens is 3. The number of ether oxygens (including phenoxy) is 1. The summed E-state index contributed by atoms with van der Waals surface area (Å²) in [6, 6.07) is 12.6. The van der Waals surface area contributed by atoms with Crippen LogP contribution >= 0.6 is 23.2 Å². The van der Waals surface area contributed by atoms with Crippen LogP contribution in [0.3, 0.4) is 0 Å². The first-order valence-electron chi connectivity index (χ1n) is 10.6. The second-order valence-corrected chi connectivity index (χ2v) is 8.52. The highest BCUT2D eigenvalue weighted by atomic mass is 35.5. The molecule has 1 aromatic heterocycles. The van der Waals surface area contributed by atoms with Crippen LogP contribution in [0.2, 0.25) is 10.0 Å². The number of benzene rings is 2. The van der Waals surface area contributed by atoms with Gasteiger partial charge in [-0.25, -0.2) is 9.18 Å². The molecule has 0 radical (unpaired) electrons. The van der Waals surface area contributed by atoms with E-state index in [0.29, 0.717) is 47.2 Å². The second-order valence-electron chi connectivity index (χ2n) is 7.71. The Bertz CT molecular complexity index is 1150. The maximum Gasteiger partial charge on any atom is 0.358 e. The summed E-state index contributed by atoms with van der Waals surface area (Å²) in [6.45, 7) is 2.92. The van der Waals surface area contributed by atoms with Gasteiger partial charge in [-0.2, -0.15) is 5.10 Å². The molecule has 33 heavy (non-hydrogen) atoms. The molecule has 0 saturated carbocycles. The normalized spacial score (nSPS) is 14.4. The van der Waals surface area contributed by atoms with E-state index in [-0.39, 0.29) is 30.1 Å². The van der Waals surface area contributed by atoms with Gasteiger partial charge in [0.25, 0.3) is 5.91 Å². The molecule has 1 amide bonds. The first-order valence-corrected chi connectivity index (χ1v) is 11.4. The SMILES string of the molecule is CCOC(=O)c1cc(-c2ccc(F)cc2)n(C2CCN(C(=O)c3c(Cl)cccc3Cl)CC2)n1. The van der Waals surface area contributed by atoms with Crippen molar-refractivity contribution in [3.8, 4) is 11.3 Å². The van der Waals surface area contributed by atoms with Crippen LogP contribution in [0, 0.1) is 5.82 Å². The van der Waals surface area contributed by atoms with E-state index in [4.69, 9.17) is 27.9 Å². The van der Waals surface area contributed by atoms with Crippen LogP contribution in [0.15, 0.2) is 48.5 Å². The van der Waals surface area contributed by atoms with Crippen molar-refractivity contribution in [3.05, 3.63) is 75.7 Å². The van der Waals surface area contributed by atoms with Gasteiger partial charge in [-0.15, -0.1) is 0 Å². The molecule has 0 bridgehead atoms. The highest BCUT2D eigenvalue weighted by Crippen LogP contribution is 2.32. The molecule has 0 atom stereocenters. The zero-order valence-electron chi connectivity index (χ0n) is 17.9. The number of nitrogens with zero attached hydrogens (tertiary/aromatic N) is 3. The summed E-state index contributed by atoms with van der Waals surface area (Å²) in [6.07, 6.45) is 1.23. The lowest BCUT2D eigenvalue weighted by Crippen LogP contribution is -2.39. The lowest BCUT2D eigenvalue weighted by molar-refractivity contribution is 0.0517. The Balaban J connectivity index is 1.57.